The normalized spacial score (nSPS) is 15.1. The van der Waals surface area contributed by atoms with Gasteiger partial charge in [0.15, 0.2) is 5.82 Å². The fourth-order valence-corrected chi connectivity index (χ4v) is 4.64. The van der Waals surface area contributed by atoms with Crippen molar-refractivity contribution in [2.45, 2.75) is 27.7 Å². The number of hydrogen-bond donors (Lipinski definition) is 2. The lowest BCUT2D eigenvalue weighted by Crippen LogP contribution is -2.34. The first kappa shape index (κ1) is 20.3. The second-order valence-electron chi connectivity index (χ2n) is 8.01. The van der Waals surface area contributed by atoms with Crippen molar-refractivity contribution >= 4 is 16.6 Å². The van der Waals surface area contributed by atoms with Crippen LogP contribution in [-0.4, -0.2) is 39.5 Å². The van der Waals surface area contributed by atoms with E-state index < -0.39 is 0 Å². The number of allylic oxidation sites excluding steroid dienone is 3. The van der Waals surface area contributed by atoms with Crippen molar-refractivity contribution < 1.29 is 4.74 Å². The van der Waals surface area contributed by atoms with Crippen LogP contribution in [-0.2, 0) is 0 Å². The van der Waals surface area contributed by atoms with Crippen LogP contribution in [0.15, 0.2) is 60.0 Å². The summed E-state index contributed by atoms with van der Waals surface area (Å²) in [6.45, 7) is 10.5. The summed E-state index contributed by atoms with van der Waals surface area (Å²) in [6.07, 6.45) is 8.49. The Labute approximate surface area is 188 Å². The van der Waals surface area contributed by atoms with Gasteiger partial charge in [0, 0.05) is 34.4 Å². The lowest BCUT2D eigenvalue weighted by molar-refractivity contribution is 0.340. The Morgan fingerprint density at radius 3 is 2.62 bits per heavy atom. The average molecular weight is 429 g/mol. The Morgan fingerprint density at radius 1 is 1.06 bits per heavy atom. The van der Waals surface area contributed by atoms with Gasteiger partial charge in [-0.1, -0.05) is 6.08 Å². The number of benzene rings is 1. The molecule has 2 aliphatic heterocycles. The number of aryl methyl sites for hydroxylation is 3. The van der Waals surface area contributed by atoms with Crippen LogP contribution in [0.3, 0.4) is 0 Å². The molecule has 4 heterocycles. The van der Waals surface area contributed by atoms with Crippen molar-refractivity contribution in [1.82, 2.24) is 25.2 Å². The summed E-state index contributed by atoms with van der Waals surface area (Å²) in [5.74, 6) is 1.68. The zero-order valence-electron chi connectivity index (χ0n) is 18.9. The largest absolute Gasteiger partial charge is 0.494 e. The monoisotopic (exact) mass is 428 g/mol. The number of hydrogen-bond acceptors (Lipinski definition) is 6. The van der Waals surface area contributed by atoms with Crippen LogP contribution >= 0.6 is 0 Å². The zero-order chi connectivity index (χ0) is 22.2. The van der Waals surface area contributed by atoms with Crippen molar-refractivity contribution in [3.05, 3.63) is 77.0 Å². The molecule has 0 saturated carbocycles. The molecule has 2 aromatic heterocycles. The molecule has 0 saturated heterocycles. The van der Waals surface area contributed by atoms with Gasteiger partial charge in [0.05, 0.1) is 30.2 Å². The number of aromatic nitrogens is 3. The topological polar surface area (TPSA) is 67.2 Å². The molecule has 0 amide bonds. The maximum absolute atomic E-state index is 5.61. The van der Waals surface area contributed by atoms with Crippen LogP contribution in [0.5, 0.6) is 5.75 Å². The Morgan fingerprint density at radius 2 is 1.84 bits per heavy atom. The van der Waals surface area contributed by atoms with Gasteiger partial charge in [-0.2, -0.15) is 5.10 Å². The molecule has 0 bridgehead atoms. The zero-order valence-corrected chi connectivity index (χ0v) is 18.9. The third-order valence-electron chi connectivity index (χ3n) is 6.05. The minimum absolute atomic E-state index is 0.647. The molecule has 7 nitrogen and oxygen atoms in total. The Bertz CT molecular complexity index is 1270. The molecule has 0 unspecified atom stereocenters. The van der Waals surface area contributed by atoms with Gasteiger partial charge in [-0.05, 0) is 70.2 Å². The molecule has 5 rings (SSSR count). The second kappa shape index (κ2) is 8.16. The Hall–Kier alpha value is -3.58. The standard InChI is InChI=1S/C25H28N6O/c1-5-32-22-11-9-19(10-12-22)30-17(3)23-16(2)28-29-25(24(23)18(30)4)26-15-21-8-6-7-20-13-14-27-31(20)21/h6-13,27H,5,14-15H2,1-4H3,(H,26,29). The maximum atomic E-state index is 5.61. The quantitative estimate of drug-likeness (QED) is 0.610. The van der Waals surface area contributed by atoms with Crippen LogP contribution in [0, 0.1) is 20.8 Å². The van der Waals surface area contributed by atoms with Crippen molar-refractivity contribution in [1.29, 1.82) is 0 Å². The molecule has 164 valence electrons. The molecule has 0 aliphatic carbocycles. The molecule has 0 spiro atoms. The summed E-state index contributed by atoms with van der Waals surface area (Å²) < 4.78 is 7.88. The first-order valence-corrected chi connectivity index (χ1v) is 11.0. The molecule has 2 N–H and O–H groups in total. The van der Waals surface area contributed by atoms with Crippen LogP contribution in [0.4, 0.5) is 5.82 Å². The number of nitrogens with zero attached hydrogens (tertiary/aromatic N) is 4. The molecule has 1 aromatic carbocycles. The van der Waals surface area contributed by atoms with Gasteiger partial charge in [-0.15, -0.1) is 5.10 Å². The van der Waals surface area contributed by atoms with E-state index in [1.165, 1.54) is 5.70 Å². The summed E-state index contributed by atoms with van der Waals surface area (Å²) in [6, 6.07) is 8.22. The van der Waals surface area contributed by atoms with E-state index in [9.17, 15) is 0 Å². The van der Waals surface area contributed by atoms with E-state index in [1.54, 1.807) is 0 Å². The van der Waals surface area contributed by atoms with E-state index in [4.69, 9.17) is 4.74 Å². The smallest absolute Gasteiger partial charge is 0.158 e. The summed E-state index contributed by atoms with van der Waals surface area (Å²) in [5, 5.41) is 16.9. The van der Waals surface area contributed by atoms with E-state index in [2.05, 4.69) is 80.8 Å². The third-order valence-corrected chi connectivity index (χ3v) is 6.05. The van der Waals surface area contributed by atoms with E-state index in [0.717, 1.165) is 57.4 Å². The SMILES string of the molecule is CCOc1ccc(-n2c(C)c3c(C)nnc(NCC4=CC=CC5=CCNN54)c3c2C)cc1. The van der Waals surface area contributed by atoms with Crippen molar-refractivity contribution in [3.63, 3.8) is 0 Å². The molecule has 0 fully saturated rings. The number of ether oxygens (including phenoxy) is 1. The molecular weight excluding hydrogens is 400 g/mol. The summed E-state index contributed by atoms with van der Waals surface area (Å²) >= 11 is 0. The average Bonchev–Trinajstić information content (AvgIpc) is 3.38. The number of anilines is 1. The maximum Gasteiger partial charge on any atom is 0.158 e. The molecule has 0 atom stereocenters. The molecule has 0 radical (unpaired) electrons. The highest BCUT2D eigenvalue weighted by Gasteiger charge is 2.22. The Kier molecular flexibility index (Phi) is 5.19. The van der Waals surface area contributed by atoms with E-state index in [-0.39, 0.29) is 0 Å². The third kappa shape index (κ3) is 3.35. The fourth-order valence-electron chi connectivity index (χ4n) is 4.64. The first-order valence-electron chi connectivity index (χ1n) is 11.0. The molecule has 32 heavy (non-hydrogen) atoms. The van der Waals surface area contributed by atoms with Crippen LogP contribution in [0.1, 0.15) is 24.0 Å². The van der Waals surface area contributed by atoms with Crippen molar-refractivity contribution in [3.8, 4) is 11.4 Å². The van der Waals surface area contributed by atoms with Gasteiger partial charge in [0.1, 0.15) is 5.75 Å². The van der Waals surface area contributed by atoms with E-state index in [1.807, 2.05) is 26.0 Å². The summed E-state index contributed by atoms with van der Waals surface area (Å²) in [5.41, 5.74) is 10.0. The predicted octanol–water partition coefficient (Wildman–Crippen LogP) is 4.31. The van der Waals surface area contributed by atoms with Gasteiger partial charge in [-0.3, -0.25) is 5.01 Å². The van der Waals surface area contributed by atoms with Crippen molar-refractivity contribution in [2.24, 2.45) is 0 Å². The van der Waals surface area contributed by atoms with Crippen LogP contribution in [0.25, 0.3) is 16.5 Å². The molecule has 2 aliphatic rings. The van der Waals surface area contributed by atoms with Gasteiger partial charge in [-0.25, -0.2) is 5.43 Å². The lowest BCUT2D eigenvalue weighted by Gasteiger charge is -2.26. The van der Waals surface area contributed by atoms with Gasteiger partial charge in [0.25, 0.3) is 0 Å². The number of nitrogens with one attached hydrogen (secondary N) is 2. The van der Waals surface area contributed by atoms with Crippen LogP contribution < -0.4 is 15.5 Å². The highest BCUT2D eigenvalue weighted by Crippen LogP contribution is 2.34. The summed E-state index contributed by atoms with van der Waals surface area (Å²) in [7, 11) is 0. The fraction of sp³-hybridized carbons (Fsp3) is 0.280. The van der Waals surface area contributed by atoms with Crippen molar-refractivity contribution in [2.75, 3.05) is 25.0 Å². The highest BCUT2D eigenvalue weighted by atomic mass is 16.5. The van der Waals surface area contributed by atoms with Crippen LogP contribution in [0.2, 0.25) is 0 Å². The number of hydrazine groups is 1. The molecule has 3 aromatic rings. The molecule has 7 heteroatoms. The number of rotatable bonds is 6. The second-order valence-corrected chi connectivity index (χ2v) is 8.01. The molecular formula is C25H28N6O. The van der Waals surface area contributed by atoms with Gasteiger partial charge < -0.3 is 14.6 Å². The van der Waals surface area contributed by atoms with Gasteiger partial charge >= 0.3 is 0 Å². The minimum Gasteiger partial charge on any atom is -0.494 e. The predicted molar refractivity (Wildman–Crippen MR) is 128 cm³/mol. The summed E-state index contributed by atoms with van der Waals surface area (Å²) in [4.78, 5) is 0. The lowest BCUT2D eigenvalue weighted by atomic mass is 10.1. The Balaban J connectivity index is 1.51. The highest BCUT2D eigenvalue weighted by molar-refractivity contribution is 5.98. The van der Waals surface area contributed by atoms with E-state index >= 15 is 0 Å². The minimum atomic E-state index is 0.647. The van der Waals surface area contributed by atoms with E-state index in [0.29, 0.717) is 13.2 Å². The number of fused-ring (bicyclic) bond motifs is 2. The van der Waals surface area contributed by atoms with Gasteiger partial charge in [0.2, 0.25) is 0 Å². The first-order chi connectivity index (χ1) is 15.6.